The van der Waals surface area contributed by atoms with E-state index in [2.05, 4.69) is 0 Å². The second kappa shape index (κ2) is 2.81. The summed E-state index contributed by atoms with van der Waals surface area (Å²) in [5.74, 6) is -0.600. The van der Waals surface area contributed by atoms with Gasteiger partial charge >= 0.3 is 7.12 Å². The van der Waals surface area contributed by atoms with Crippen LogP contribution < -0.4 is 5.46 Å². The molecule has 0 spiro atoms. The van der Waals surface area contributed by atoms with Crippen molar-refractivity contribution in [1.29, 1.82) is 0 Å². The molecule has 4 heteroatoms. The predicted octanol–water partition coefficient (Wildman–Crippen LogP) is -0.00250. The lowest BCUT2D eigenvalue weighted by Crippen LogP contribution is -2.32. The van der Waals surface area contributed by atoms with E-state index in [4.69, 9.17) is 10.0 Å². The van der Waals surface area contributed by atoms with E-state index in [-0.39, 0.29) is 8.32 Å². The molecule has 0 bridgehead atoms. The van der Waals surface area contributed by atoms with Gasteiger partial charge in [0.05, 0.1) is 0 Å². The Morgan fingerprint density at radius 1 is 1.30 bits per heavy atom. The summed E-state index contributed by atoms with van der Waals surface area (Å²) in [5.41, 5.74) is -0.0949. The summed E-state index contributed by atoms with van der Waals surface area (Å²) < 4.78 is 12.5. The molecule has 2 N–H and O–H groups in total. The molecule has 0 amide bonds. The standard InChI is InChI=1S/C6H6BFO2.2H2/c8-6-4-2-1-3-5(6)7(9)10;;/h1-4,9-10H;2*1H. The lowest BCUT2D eigenvalue weighted by molar-refractivity contribution is 0.423. The fourth-order valence-corrected chi connectivity index (χ4v) is 0.684. The number of halogens is 1. The van der Waals surface area contributed by atoms with Crippen molar-refractivity contribution in [3.8, 4) is 0 Å². The van der Waals surface area contributed by atoms with Gasteiger partial charge in [0.15, 0.2) is 0 Å². The molecule has 0 radical (unpaired) electrons. The number of hydrogen-bond donors (Lipinski definition) is 2. The SMILES string of the molecule is OB(O)c1ccccc1F.[HH].[HH]. The third-order valence-corrected chi connectivity index (χ3v) is 1.18. The molecule has 1 aromatic rings. The van der Waals surface area contributed by atoms with Crippen molar-refractivity contribution >= 4 is 12.6 Å². The first-order chi connectivity index (χ1) is 4.72. The van der Waals surface area contributed by atoms with Gasteiger partial charge in [-0.15, -0.1) is 0 Å². The minimum atomic E-state index is -1.72. The zero-order chi connectivity index (χ0) is 7.56. The van der Waals surface area contributed by atoms with E-state index in [1.807, 2.05) is 0 Å². The van der Waals surface area contributed by atoms with Crippen LogP contribution in [0.1, 0.15) is 2.85 Å². The summed E-state index contributed by atoms with van der Waals surface area (Å²) in [6, 6.07) is 5.52. The maximum atomic E-state index is 12.5. The molecule has 2 nitrogen and oxygen atoms in total. The van der Waals surface area contributed by atoms with Crippen LogP contribution in [0.5, 0.6) is 0 Å². The molecule has 0 saturated carbocycles. The van der Waals surface area contributed by atoms with Crippen LogP contribution in [0, 0.1) is 5.82 Å². The van der Waals surface area contributed by atoms with Crippen LogP contribution in [0.4, 0.5) is 4.39 Å². The molecule has 0 aliphatic carbocycles. The highest BCUT2D eigenvalue weighted by atomic mass is 19.1. The van der Waals surface area contributed by atoms with E-state index in [9.17, 15) is 4.39 Å². The summed E-state index contributed by atoms with van der Waals surface area (Å²) >= 11 is 0. The zero-order valence-corrected chi connectivity index (χ0v) is 5.16. The van der Waals surface area contributed by atoms with Crippen LogP contribution in [0.2, 0.25) is 0 Å². The third kappa shape index (κ3) is 1.34. The molecule has 0 unspecified atom stereocenters. The summed E-state index contributed by atoms with van der Waals surface area (Å²) in [4.78, 5) is 0. The maximum Gasteiger partial charge on any atom is 0.491 e. The van der Waals surface area contributed by atoms with Gasteiger partial charge in [0.2, 0.25) is 0 Å². The predicted molar refractivity (Wildman–Crippen MR) is 40.5 cm³/mol. The van der Waals surface area contributed by atoms with Crippen molar-refractivity contribution in [2.24, 2.45) is 0 Å². The van der Waals surface area contributed by atoms with Gasteiger partial charge in [-0.05, 0) is 6.07 Å². The second-order valence-corrected chi connectivity index (χ2v) is 1.90. The lowest BCUT2D eigenvalue weighted by atomic mass is 9.80. The average molecular weight is 144 g/mol. The maximum absolute atomic E-state index is 12.5. The van der Waals surface area contributed by atoms with Crippen LogP contribution >= 0.6 is 0 Å². The first-order valence-electron chi connectivity index (χ1n) is 2.82. The molecule has 0 aromatic heterocycles. The molecule has 1 rings (SSSR count). The second-order valence-electron chi connectivity index (χ2n) is 1.90. The quantitative estimate of drug-likeness (QED) is 0.544. The Morgan fingerprint density at radius 3 is 2.30 bits per heavy atom. The lowest BCUT2D eigenvalue weighted by Gasteiger charge is -1.98. The summed E-state index contributed by atoms with van der Waals surface area (Å²) in [6.45, 7) is 0. The van der Waals surface area contributed by atoms with E-state index < -0.39 is 12.9 Å². The van der Waals surface area contributed by atoms with Crippen molar-refractivity contribution < 1.29 is 17.3 Å². The molecule has 10 heavy (non-hydrogen) atoms. The van der Waals surface area contributed by atoms with E-state index >= 15 is 0 Å². The summed E-state index contributed by atoms with van der Waals surface area (Å²) in [7, 11) is -1.72. The molecule has 0 aliphatic heterocycles. The molecule has 1 aromatic carbocycles. The Kier molecular flexibility index (Phi) is 2.04. The Balaban J connectivity index is 0. The van der Waals surface area contributed by atoms with Crippen molar-refractivity contribution in [3.63, 3.8) is 0 Å². The smallest absolute Gasteiger partial charge is 0.423 e. The van der Waals surface area contributed by atoms with Crippen molar-refractivity contribution in [3.05, 3.63) is 30.1 Å². The Labute approximate surface area is 61.0 Å². The molecule has 0 fully saturated rings. The third-order valence-electron chi connectivity index (χ3n) is 1.18. The average Bonchev–Trinajstić information content (AvgIpc) is 1.88. The highest BCUT2D eigenvalue weighted by Crippen LogP contribution is 1.92. The van der Waals surface area contributed by atoms with Crippen LogP contribution in [0.25, 0.3) is 0 Å². The van der Waals surface area contributed by atoms with E-state index in [0.29, 0.717) is 0 Å². The van der Waals surface area contributed by atoms with Gasteiger partial charge in [-0.2, -0.15) is 0 Å². The molecule has 0 aliphatic rings. The van der Waals surface area contributed by atoms with Crippen molar-refractivity contribution in [1.82, 2.24) is 0 Å². The Hall–Kier alpha value is -0.865. The zero-order valence-electron chi connectivity index (χ0n) is 5.16. The van der Waals surface area contributed by atoms with Gasteiger partial charge in [-0.1, -0.05) is 18.2 Å². The van der Waals surface area contributed by atoms with Gasteiger partial charge in [-0.25, -0.2) is 4.39 Å². The molecular formula is C6H10BFO2. The number of rotatable bonds is 1. The molecular weight excluding hydrogens is 134 g/mol. The molecule has 0 heterocycles. The molecule has 0 atom stereocenters. The molecule has 56 valence electrons. The fraction of sp³-hybridized carbons (Fsp3) is 0. The summed E-state index contributed by atoms with van der Waals surface area (Å²) in [6.07, 6.45) is 0. The Morgan fingerprint density at radius 2 is 1.90 bits per heavy atom. The minimum Gasteiger partial charge on any atom is -0.423 e. The normalized spacial score (nSPS) is 9.50. The molecule has 0 saturated heterocycles. The van der Waals surface area contributed by atoms with Crippen LogP contribution in [-0.2, 0) is 0 Å². The highest BCUT2D eigenvalue weighted by molar-refractivity contribution is 6.58. The van der Waals surface area contributed by atoms with Gasteiger partial charge in [0, 0.05) is 8.32 Å². The van der Waals surface area contributed by atoms with Crippen LogP contribution in [-0.4, -0.2) is 17.2 Å². The van der Waals surface area contributed by atoms with Gasteiger partial charge in [-0.3, -0.25) is 0 Å². The van der Waals surface area contributed by atoms with Crippen LogP contribution in [0.15, 0.2) is 24.3 Å². The minimum absolute atomic E-state index is 0. The van der Waals surface area contributed by atoms with E-state index in [1.165, 1.54) is 24.3 Å². The van der Waals surface area contributed by atoms with E-state index in [1.54, 1.807) is 0 Å². The van der Waals surface area contributed by atoms with Crippen molar-refractivity contribution in [2.45, 2.75) is 0 Å². The first kappa shape index (κ1) is 7.24. The largest absolute Gasteiger partial charge is 0.491 e. The van der Waals surface area contributed by atoms with E-state index in [0.717, 1.165) is 0 Å². The van der Waals surface area contributed by atoms with Gasteiger partial charge in [0.25, 0.3) is 0 Å². The van der Waals surface area contributed by atoms with Gasteiger partial charge < -0.3 is 10.0 Å². The van der Waals surface area contributed by atoms with Gasteiger partial charge in [0.1, 0.15) is 5.82 Å². The van der Waals surface area contributed by atoms with Crippen molar-refractivity contribution in [2.75, 3.05) is 0 Å². The fourth-order valence-electron chi connectivity index (χ4n) is 0.684. The highest BCUT2D eigenvalue weighted by Gasteiger charge is 2.14. The number of benzene rings is 1. The first-order valence-corrected chi connectivity index (χ1v) is 2.82. The number of hydrogen-bond acceptors (Lipinski definition) is 2. The topological polar surface area (TPSA) is 40.5 Å². The Bertz CT molecular complexity index is 235. The summed E-state index contributed by atoms with van der Waals surface area (Å²) in [5, 5.41) is 17.0. The monoisotopic (exact) mass is 144 g/mol. The van der Waals surface area contributed by atoms with Crippen LogP contribution in [0.3, 0.4) is 0 Å².